The zero-order valence-corrected chi connectivity index (χ0v) is 9.70. The van der Waals surface area contributed by atoms with Gasteiger partial charge in [0.1, 0.15) is 17.1 Å². The van der Waals surface area contributed by atoms with Crippen LogP contribution < -0.4 is 4.74 Å². The fourth-order valence-corrected chi connectivity index (χ4v) is 2.49. The lowest BCUT2D eigenvalue weighted by Crippen LogP contribution is -2.20. The summed E-state index contributed by atoms with van der Waals surface area (Å²) >= 11 is 0. The summed E-state index contributed by atoms with van der Waals surface area (Å²) in [7, 11) is 1.49. The molecule has 0 radical (unpaired) electrons. The molecule has 90 valence electrons. The molecule has 0 aromatic heterocycles. The first kappa shape index (κ1) is 11.8. The highest BCUT2D eigenvalue weighted by Crippen LogP contribution is 2.43. The van der Waals surface area contributed by atoms with Gasteiger partial charge in [-0.25, -0.2) is 9.18 Å². The summed E-state index contributed by atoms with van der Waals surface area (Å²) in [5.41, 5.74) is -0.239. The van der Waals surface area contributed by atoms with Crippen LogP contribution in [-0.2, 0) is 10.3 Å². The Kier molecular flexibility index (Phi) is 3.25. The standard InChI is InChI=1S/C13H14FNO2/c1-17-10-4-5-11(12(14)8-10)13(15-9-16)6-2-3-7-13/h4-5,8H,2-3,6-7H2,1H3. The summed E-state index contributed by atoms with van der Waals surface area (Å²) in [4.78, 5) is 14.4. The fourth-order valence-electron chi connectivity index (χ4n) is 2.49. The number of aliphatic imine (C=N–C) groups is 1. The monoisotopic (exact) mass is 235 g/mol. The topological polar surface area (TPSA) is 38.7 Å². The Morgan fingerprint density at radius 1 is 1.41 bits per heavy atom. The van der Waals surface area contributed by atoms with Crippen molar-refractivity contribution in [3.8, 4) is 5.75 Å². The molecule has 0 spiro atoms. The largest absolute Gasteiger partial charge is 0.497 e. The number of isocyanates is 1. The van der Waals surface area contributed by atoms with Crippen LogP contribution in [0.2, 0.25) is 0 Å². The van der Waals surface area contributed by atoms with Crippen molar-refractivity contribution >= 4 is 6.08 Å². The zero-order chi connectivity index (χ0) is 12.3. The van der Waals surface area contributed by atoms with E-state index in [2.05, 4.69) is 4.99 Å². The van der Waals surface area contributed by atoms with Gasteiger partial charge in [0, 0.05) is 11.6 Å². The Morgan fingerprint density at radius 2 is 2.12 bits per heavy atom. The number of carbonyl (C=O) groups excluding carboxylic acids is 1. The van der Waals surface area contributed by atoms with Crippen LogP contribution in [0.1, 0.15) is 31.2 Å². The molecule has 1 aliphatic carbocycles. The molecule has 0 heterocycles. The van der Waals surface area contributed by atoms with Crippen LogP contribution in [0.5, 0.6) is 5.75 Å². The summed E-state index contributed by atoms with van der Waals surface area (Å²) in [5, 5.41) is 0. The molecule has 2 rings (SSSR count). The molecule has 1 saturated carbocycles. The molecular weight excluding hydrogens is 221 g/mol. The van der Waals surface area contributed by atoms with E-state index in [9.17, 15) is 9.18 Å². The van der Waals surface area contributed by atoms with Crippen LogP contribution in [0.25, 0.3) is 0 Å². The minimum atomic E-state index is -0.710. The molecule has 17 heavy (non-hydrogen) atoms. The van der Waals surface area contributed by atoms with Gasteiger partial charge < -0.3 is 4.74 Å². The van der Waals surface area contributed by atoms with Crippen molar-refractivity contribution in [3.05, 3.63) is 29.6 Å². The van der Waals surface area contributed by atoms with Gasteiger partial charge in [-0.3, -0.25) is 0 Å². The first-order chi connectivity index (χ1) is 8.22. The van der Waals surface area contributed by atoms with Crippen LogP contribution in [0.15, 0.2) is 23.2 Å². The van der Waals surface area contributed by atoms with Crippen molar-refractivity contribution in [1.82, 2.24) is 0 Å². The van der Waals surface area contributed by atoms with Crippen molar-refractivity contribution in [2.75, 3.05) is 7.11 Å². The highest BCUT2D eigenvalue weighted by Gasteiger charge is 2.37. The number of rotatable bonds is 3. The van der Waals surface area contributed by atoms with Crippen LogP contribution in [-0.4, -0.2) is 13.2 Å². The van der Waals surface area contributed by atoms with E-state index in [1.807, 2.05) is 0 Å². The molecule has 1 aliphatic rings. The van der Waals surface area contributed by atoms with Gasteiger partial charge in [-0.05, 0) is 25.0 Å². The predicted octanol–water partition coefficient (Wildman–Crippen LogP) is 2.94. The fraction of sp³-hybridized carbons (Fsp3) is 0.462. The SMILES string of the molecule is COc1ccc(C2(N=C=O)CCCC2)c(F)c1. The Morgan fingerprint density at radius 3 is 2.65 bits per heavy atom. The number of hydrogen-bond donors (Lipinski definition) is 0. The van der Waals surface area contributed by atoms with Crippen LogP contribution in [0.4, 0.5) is 4.39 Å². The molecule has 1 aromatic rings. The Bertz CT molecular complexity index is 460. The molecule has 0 unspecified atom stereocenters. The molecule has 0 amide bonds. The normalized spacial score (nSPS) is 17.5. The van der Waals surface area contributed by atoms with Gasteiger partial charge >= 0.3 is 0 Å². The average molecular weight is 235 g/mol. The third kappa shape index (κ3) is 2.08. The number of halogens is 1. The molecule has 4 heteroatoms. The molecule has 0 bridgehead atoms. The Labute approximate surface area is 99.3 Å². The van der Waals surface area contributed by atoms with E-state index in [0.29, 0.717) is 24.2 Å². The van der Waals surface area contributed by atoms with Crippen molar-refractivity contribution in [1.29, 1.82) is 0 Å². The van der Waals surface area contributed by atoms with E-state index in [-0.39, 0.29) is 5.82 Å². The molecular formula is C13H14FNO2. The van der Waals surface area contributed by atoms with Gasteiger partial charge in [0.25, 0.3) is 0 Å². The lowest BCUT2D eigenvalue weighted by molar-refractivity contribution is 0.402. The second-order valence-corrected chi connectivity index (χ2v) is 4.29. The number of hydrogen-bond acceptors (Lipinski definition) is 3. The highest BCUT2D eigenvalue weighted by atomic mass is 19.1. The first-order valence-electron chi connectivity index (χ1n) is 5.65. The van der Waals surface area contributed by atoms with Gasteiger partial charge in [0.2, 0.25) is 6.08 Å². The highest BCUT2D eigenvalue weighted by molar-refractivity contribution is 5.40. The lowest BCUT2D eigenvalue weighted by atomic mass is 9.88. The summed E-state index contributed by atoms with van der Waals surface area (Å²) in [6, 6.07) is 4.68. The van der Waals surface area contributed by atoms with E-state index < -0.39 is 5.54 Å². The zero-order valence-electron chi connectivity index (χ0n) is 9.70. The van der Waals surface area contributed by atoms with E-state index >= 15 is 0 Å². The summed E-state index contributed by atoms with van der Waals surface area (Å²) < 4.78 is 18.9. The number of ether oxygens (including phenoxy) is 1. The Hall–Kier alpha value is -1.67. The molecule has 0 N–H and O–H groups in total. The van der Waals surface area contributed by atoms with E-state index in [0.717, 1.165) is 12.8 Å². The van der Waals surface area contributed by atoms with Gasteiger partial charge in [0.15, 0.2) is 0 Å². The first-order valence-corrected chi connectivity index (χ1v) is 5.65. The van der Waals surface area contributed by atoms with Gasteiger partial charge in [0.05, 0.1) is 7.11 Å². The van der Waals surface area contributed by atoms with Crippen molar-refractivity contribution in [2.24, 2.45) is 4.99 Å². The van der Waals surface area contributed by atoms with Crippen LogP contribution in [0, 0.1) is 5.82 Å². The third-order valence-corrected chi connectivity index (χ3v) is 3.37. The molecule has 1 fully saturated rings. The van der Waals surface area contributed by atoms with E-state index in [4.69, 9.17) is 4.74 Å². The quantitative estimate of drug-likeness (QED) is 0.596. The maximum atomic E-state index is 14.0. The van der Waals surface area contributed by atoms with Gasteiger partial charge in [-0.2, -0.15) is 4.99 Å². The average Bonchev–Trinajstić information content (AvgIpc) is 2.79. The molecule has 1 aromatic carbocycles. The maximum absolute atomic E-state index is 14.0. The molecule has 0 aliphatic heterocycles. The van der Waals surface area contributed by atoms with Gasteiger partial charge in [-0.15, -0.1) is 0 Å². The molecule has 0 atom stereocenters. The molecule has 3 nitrogen and oxygen atoms in total. The number of nitrogens with zero attached hydrogens (tertiary/aromatic N) is 1. The van der Waals surface area contributed by atoms with Crippen molar-refractivity contribution < 1.29 is 13.9 Å². The minimum Gasteiger partial charge on any atom is -0.497 e. The van der Waals surface area contributed by atoms with Gasteiger partial charge in [-0.1, -0.05) is 12.8 Å². The van der Waals surface area contributed by atoms with E-state index in [1.54, 1.807) is 18.2 Å². The number of methoxy groups -OCH3 is 1. The molecule has 0 saturated heterocycles. The maximum Gasteiger partial charge on any atom is 0.235 e. The predicted molar refractivity (Wildman–Crippen MR) is 61.2 cm³/mol. The summed E-state index contributed by atoms with van der Waals surface area (Å²) in [6.07, 6.45) is 4.89. The Balaban J connectivity index is 2.47. The number of benzene rings is 1. The van der Waals surface area contributed by atoms with Crippen LogP contribution >= 0.6 is 0 Å². The van der Waals surface area contributed by atoms with E-state index in [1.165, 1.54) is 13.2 Å². The second kappa shape index (κ2) is 4.68. The lowest BCUT2D eigenvalue weighted by Gasteiger charge is -2.23. The minimum absolute atomic E-state index is 0.370. The third-order valence-electron chi connectivity index (χ3n) is 3.37. The summed E-state index contributed by atoms with van der Waals surface area (Å²) in [5.74, 6) is 0.0970. The van der Waals surface area contributed by atoms with Crippen molar-refractivity contribution in [2.45, 2.75) is 31.2 Å². The summed E-state index contributed by atoms with van der Waals surface area (Å²) in [6.45, 7) is 0. The van der Waals surface area contributed by atoms with Crippen molar-refractivity contribution in [3.63, 3.8) is 0 Å². The second-order valence-electron chi connectivity index (χ2n) is 4.29. The van der Waals surface area contributed by atoms with Crippen LogP contribution in [0.3, 0.4) is 0 Å². The smallest absolute Gasteiger partial charge is 0.235 e.